The summed E-state index contributed by atoms with van der Waals surface area (Å²) in [6.45, 7) is 3.14. The highest BCUT2D eigenvalue weighted by Gasteiger charge is 2.32. The third-order valence-corrected chi connectivity index (χ3v) is 3.14. The quantitative estimate of drug-likeness (QED) is 0.745. The zero-order valence-electron chi connectivity index (χ0n) is 8.75. The minimum Gasteiger partial charge on any atom is -0.283 e. The first-order valence-electron chi connectivity index (χ1n) is 4.99. The highest BCUT2D eigenvalue weighted by atomic mass is 32.1. The molecule has 0 aliphatic carbocycles. The van der Waals surface area contributed by atoms with Crippen molar-refractivity contribution in [2.24, 2.45) is 0 Å². The van der Waals surface area contributed by atoms with Gasteiger partial charge in [0.1, 0.15) is 0 Å². The normalized spacial score (nSPS) is 18.6. The summed E-state index contributed by atoms with van der Waals surface area (Å²) < 4.78 is 37.5. The first kappa shape index (κ1) is 11.8. The maximum absolute atomic E-state index is 12.5. The van der Waals surface area contributed by atoms with Crippen LogP contribution in [0.15, 0.2) is 18.2 Å². The van der Waals surface area contributed by atoms with Crippen molar-refractivity contribution in [1.29, 1.82) is 0 Å². The van der Waals surface area contributed by atoms with Gasteiger partial charge in [-0.05, 0) is 30.2 Å². The Morgan fingerprint density at radius 1 is 1.25 bits per heavy atom. The smallest absolute Gasteiger partial charge is 0.283 e. The van der Waals surface area contributed by atoms with Crippen LogP contribution in [0.2, 0.25) is 0 Å². The molecule has 0 amide bonds. The summed E-state index contributed by atoms with van der Waals surface area (Å²) in [5.41, 5.74) is 1.16. The van der Waals surface area contributed by atoms with E-state index in [1.807, 2.05) is 11.8 Å². The third-order valence-electron chi connectivity index (χ3n) is 2.81. The Balaban J connectivity index is 2.28. The van der Waals surface area contributed by atoms with Gasteiger partial charge in [0.2, 0.25) is 0 Å². The first-order valence-corrected chi connectivity index (χ1v) is 5.50. The Labute approximate surface area is 97.7 Å². The Kier molecular flexibility index (Phi) is 2.92. The van der Waals surface area contributed by atoms with Crippen molar-refractivity contribution in [2.45, 2.75) is 31.6 Å². The van der Waals surface area contributed by atoms with Crippen molar-refractivity contribution in [2.75, 3.05) is 0 Å². The van der Waals surface area contributed by atoms with Crippen molar-refractivity contribution in [3.63, 3.8) is 0 Å². The topological polar surface area (TPSA) is 3.24 Å². The van der Waals surface area contributed by atoms with Gasteiger partial charge in [-0.3, -0.25) is 4.90 Å². The second-order valence-electron chi connectivity index (χ2n) is 4.02. The summed E-state index contributed by atoms with van der Waals surface area (Å²) in [5.74, 6) is 0. The molecule has 0 bridgehead atoms. The van der Waals surface area contributed by atoms with Crippen LogP contribution in [0.3, 0.4) is 0 Å². The van der Waals surface area contributed by atoms with E-state index in [4.69, 9.17) is 0 Å². The SMILES string of the molecule is CC(S)N1Cc2ccc(C(F)(F)F)cc2C1. The van der Waals surface area contributed by atoms with E-state index in [0.29, 0.717) is 13.1 Å². The molecule has 1 aliphatic heterocycles. The van der Waals surface area contributed by atoms with Gasteiger partial charge in [-0.25, -0.2) is 0 Å². The van der Waals surface area contributed by atoms with Crippen molar-refractivity contribution in [3.8, 4) is 0 Å². The average Bonchev–Trinajstić information content (AvgIpc) is 2.58. The minimum atomic E-state index is -4.25. The van der Waals surface area contributed by atoms with Gasteiger partial charge in [0.25, 0.3) is 0 Å². The molecule has 1 aromatic carbocycles. The predicted molar refractivity (Wildman–Crippen MR) is 59.1 cm³/mol. The lowest BCUT2D eigenvalue weighted by atomic mass is 10.1. The van der Waals surface area contributed by atoms with E-state index >= 15 is 0 Å². The van der Waals surface area contributed by atoms with Gasteiger partial charge in [0.15, 0.2) is 0 Å². The van der Waals surface area contributed by atoms with Crippen LogP contribution in [0, 0.1) is 0 Å². The molecule has 0 aromatic heterocycles. The molecule has 88 valence electrons. The van der Waals surface area contributed by atoms with E-state index in [1.165, 1.54) is 6.07 Å². The van der Waals surface area contributed by atoms with Gasteiger partial charge < -0.3 is 0 Å². The van der Waals surface area contributed by atoms with E-state index in [2.05, 4.69) is 12.6 Å². The van der Waals surface area contributed by atoms with Crippen LogP contribution in [0.4, 0.5) is 13.2 Å². The molecule has 1 aromatic rings. The van der Waals surface area contributed by atoms with Gasteiger partial charge in [-0.1, -0.05) is 6.07 Å². The molecular weight excluding hydrogens is 235 g/mol. The molecular formula is C11H12F3NS. The Morgan fingerprint density at radius 3 is 2.44 bits per heavy atom. The lowest BCUT2D eigenvalue weighted by molar-refractivity contribution is -0.137. The van der Waals surface area contributed by atoms with Crippen molar-refractivity contribution in [3.05, 3.63) is 34.9 Å². The largest absolute Gasteiger partial charge is 0.416 e. The molecule has 1 nitrogen and oxygen atoms in total. The molecule has 1 heterocycles. The summed E-state index contributed by atoms with van der Waals surface area (Å²) in [6.07, 6.45) is -4.25. The molecule has 0 N–H and O–H groups in total. The van der Waals surface area contributed by atoms with Crippen molar-refractivity contribution >= 4 is 12.6 Å². The number of rotatable bonds is 1. The van der Waals surface area contributed by atoms with Crippen LogP contribution in [0.1, 0.15) is 23.6 Å². The fraction of sp³-hybridized carbons (Fsp3) is 0.455. The molecule has 5 heteroatoms. The average molecular weight is 247 g/mol. The van der Waals surface area contributed by atoms with Gasteiger partial charge >= 0.3 is 6.18 Å². The number of hydrogen-bond acceptors (Lipinski definition) is 2. The number of nitrogens with zero attached hydrogens (tertiary/aromatic N) is 1. The molecule has 0 saturated heterocycles. The van der Waals surface area contributed by atoms with Gasteiger partial charge in [0, 0.05) is 13.1 Å². The Hall–Kier alpha value is -0.680. The van der Waals surface area contributed by atoms with Crippen LogP contribution in [0.25, 0.3) is 0 Å². The standard InChI is InChI=1S/C11H12F3NS/c1-7(16)15-5-8-2-3-10(11(12,13)14)4-9(8)6-15/h2-4,7,16H,5-6H2,1H3. The molecule has 1 aliphatic rings. The van der Waals surface area contributed by atoms with Crippen LogP contribution < -0.4 is 0 Å². The second kappa shape index (κ2) is 3.96. The number of thiol groups is 1. The van der Waals surface area contributed by atoms with E-state index in [1.54, 1.807) is 6.07 Å². The number of benzene rings is 1. The molecule has 1 unspecified atom stereocenters. The fourth-order valence-corrected chi connectivity index (χ4v) is 2.02. The maximum Gasteiger partial charge on any atom is 0.416 e. The zero-order chi connectivity index (χ0) is 11.9. The summed E-state index contributed by atoms with van der Waals surface area (Å²) in [4.78, 5) is 2.02. The van der Waals surface area contributed by atoms with Crippen LogP contribution in [-0.2, 0) is 19.3 Å². The lowest BCUT2D eigenvalue weighted by Gasteiger charge is -2.18. The molecule has 0 fully saturated rings. The minimum absolute atomic E-state index is 0.0572. The number of hydrogen-bond donors (Lipinski definition) is 1. The molecule has 0 radical (unpaired) electrons. The van der Waals surface area contributed by atoms with Gasteiger partial charge in [-0.15, -0.1) is 0 Å². The summed E-state index contributed by atoms with van der Waals surface area (Å²) in [7, 11) is 0. The highest BCUT2D eigenvalue weighted by molar-refractivity contribution is 7.80. The lowest BCUT2D eigenvalue weighted by Crippen LogP contribution is -2.22. The van der Waals surface area contributed by atoms with Gasteiger partial charge in [0.05, 0.1) is 10.9 Å². The van der Waals surface area contributed by atoms with Crippen molar-refractivity contribution < 1.29 is 13.2 Å². The second-order valence-corrected chi connectivity index (χ2v) is 4.77. The summed E-state index contributed by atoms with van der Waals surface area (Å²) in [5, 5.41) is 0.0572. The Bertz CT molecular complexity index is 401. The van der Waals surface area contributed by atoms with Gasteiger partial charge in [-0.2, -0.15) is 25.8 Å². The van der Waals surface area contributed by atoms with E-state index < -0.39 is 11.7 Å². The number of halogens is 3. The first-order chi connectivity index (χ1) is 7.38. The Morgan fingerprint density at radius 2 is 1.88 bits per heavy atom. The number of fused-ring (bicyclic) bond motifs is 1. The van der Waals surface area contributed by atoms with E-state index in [-0.39, 0.29) is 5.37 Å². The highest BCUT2D eigenvalue weighted by Crippen LogP contribution is 2.33. The maximum atomic E-state index is 12.5. The number of alkyl halides is 3. The molecule has 2 rings (SSSR count). The molecule has 0 saturated carbocycles. The fourth-order valence-electron chi connectivity index (χ4n) is 1.86. The molecule has 0 spiro atoms. The monoisotopic (exact) mass is 247 g/mol. The predicted octanol–water partition coefficient (Wildman–Crippen LogP) is 3.30. The van der Waals surface area contributed by atoms with Crippen LogP contribution >= 0.6 is 12.6 Å². The van der Waals surface area contributed by atoms with E-state index in [9.17, 15) is 13.2 Å². The van der Waals surface area contributed by atoms with Crippen LogP contribution in [0.5, 0.6) is 0 Å². The van der Waals surface area contributed by atoms with Crippen molar-refractivity contribution in [1.82, 2.24) is 4.90 Å². The molecule has 16 heavy (non-hydrogen) atoms. The third kappa shape index (κ3) is 2.20. The summed E-state index contributed by atoms with van der Waals surface area (Å²) in [6, 6.07) is 3.95. The summed E-state index contributed by atoms with van der Waals surface area (Å²) >= 11 is 4.28. The molecule has 1 atom stereocenters. The van der Waals surface area contributed by atoms with Crippen LogP contribution in [-0.4, -0.2) is 10.3 Å². The van der Waals surface area contributed by atoms with E-state index in [0.717, 1.165) is 17.2 Å². The zero-order valence-corrected chi connectivity index (χ0v) is 9.65.